The van der Waals surface area contributed by atoms with Gasteiger partial charge >= 0.3 is 0 Å². The molecule has 0 unspecified atom stereocenters. The van der Waals surface area contributed by atoms with E-state index >= 15 is 0 Å². The Morgan fingerprint density at radius 3 is 3.12 bits per heavy atom. The average molecular weight is 340 g/mol. The highest BCUT2D eigenvalue weighted by Gasteiger charge is 2.13. The number of carbonyl (C=O) groups excluding carboxylic acids is 1. The zero-order valence-electron chi connectivity index (χ0n) is 12.4. The van der Waals surface area contributed by atoms with Crippen molar-refractivity contribution in [2.75, 3.05) is 6.54 Å². The van der Waals surface area contributed by atoms with E-state index in [0.29, 0.717) is 36.1 Å². The van der Waals surface area contributed by atoms with E-state index in [0.717, 1.165) is 4.96 Å². The largest absolute Gasteiger partial charge is 0.350 e. The molecule has 4 rings (SSSR count). The van der Waals surface area contributed by atoms with Crippen molar-refractivity contribution in [3.05, 3.63) is 53.8 Å². The smallest absolute Gasteiger partial charge is 0.271 e. The molecule has 8 nitrogen and oxygen atoms in total. The van der Waals surface area contributed by atoms with E-state index in [9.17, 15) is 4.79 Å². The van der Waals surface area contributed by atoms with Gasteiger partial charge in [-0.1, -0.05) is 11.2 Å². The zero-order valence-corrected chi connectivity index (χ0v) is 13.2. The van der Waals surface area contributed by atoms with Crippen LogP contribution in [-0.4, -0.2) is 37.0 Å². The lowest BCUT2D eigenvalue weighted by atomic mass is 10.3. The number of pyridine rings is 1. The number of rotatable bonds is 5. The Hall–Kier alpha value is -3.07. The molecule has 0 aliphatic heterocycles. The third-order valence-corrected chi connectivity index (χ3v) is 4.08. The molecule has 0 bridgehead atoms. The normalized spacial score (nSPS) is 11.0. The van der Waals surface area contributed by atoms with E-state index < -0.39 is 0 Å². The molecule has 0 radical (unpaired) electrons. The second-order valence-corrected chi connectivity index (χ2v) is 5.82. The number of imidazole rings is 1. The summed E-state index contributed by atoms with van der Waals surface area (Å²) in [6.07, 6.45) is 5.67. The van der Waals surface area contributed by atoms with Crippen molar-refractivity contribution in [2.45, 2.75) is 6.42 Å². The van der Waals surface area contributed by atoms with Crippen LogP contribution in [0.1, 0.15) is 16.4 Å². The van der Waals surface area contributed by atoms with Gasteiger partial charge in [-0.05, 0) is 12.1 Å². The fourth-order valence-corrected chi connectivity index (χ4v) is 2.87. The Balaban J connectivity index is 1.35. The fraction of sp³-hybridized carbons (Fsp3) is 0.133. The minimum absolute atomic E-state index is 0.227. The van der Waals surface area contributed by atoms with Crippen molar-refractivity contribution in [2.24, 2.45) is 0 Å². The van der Waals surface area contributed by atoms with E-state index in [-0.39, 0.29) is 5.91 Å². The lowest BCUT2D eigenvalue weighted by Crippen LogP contribution is -2.26. The van der Waals surface area contributed by atoms with Crippen LogP contribution in [0.3, 0.4) is 0 Å². The molecule has 4 aromatic heterocycles. The molecule has 0 saturated heterocycles. The van der Waals surface area contributed by atoms with Gasteiger partial charge in [-0.3, -0.25) is 14.2 Å². The summed E-state index contributed by atoms with van der Waals surface area (Å²) < 4.78 is 6.99. The van der Waals surface area contributed by atoms with Crippen LogP contribution in [0.15, 0.2) is 46.7 Å². The molecule has 0 saturated carbocycles. The molecule has 9 heteroatoms. The van der Waals surface area contributed by atoms with E-state index in [1.807, 2.05) is 28.1 Å². The van der Waals surface area contributed by atoms with Crippen LogP contribution in [0, 0.1) is 0 Å². The summed E-state index contributed by atoms with van der Waals surface area (Å²) in [5.74, 6) is 0.656. The van der Waals surface area contributed by atoms with E-state index in [1.54, 1.807) is 18.5 Å². The molecule has 0 aliphatic carbocycles. The van der Waals surface area contributed by atoms with Crippen molar-refractivity contribution < 1.29 is 9.32 Å². The van der Waals surface area contributed by atoms with Crippen LogP contribution < -0.4 is 5.32 Å². The molecule has 1 N–H and O–H groups in total. The van der Waals surface area contributed by atoms with Gasteiger partial charge in [0.05, 0.1) is 0 Å². The monoisotopic (exact) mass is 340 g/mol. The summed E-state index contributed by atoms with van der Waals surface area (Å²) in [4.78, 5) is 25.5. The molecule has 0 aliphatic rings. The van der Waals surface area contributed by atoms with Gasteiger partial charge in [0.15, 0.2) is 4.96 Å². The Morgan fingerprint density at radius 1 is 1.33 bits per heavy atom. The van der Waals surface area contributed by atoms with Gasteiger partial charge < -0.3 is 9.84 Å². The highest BCUT2D eigenvalue weighted by Crippen LogP contribution is 2.12. The molecule has 0 fully saturated rings. The summed E-state index contributed by atoms with van der Waals surface area (Å²) >= 11 is 1.48. The van der Waals surface area contributed by atoms with Crippen LogP contribution in [0.4, 0.5) is 0 Å². The van der Waals surface area contributed by atoms with Crippen LogP contribution in [0.5, 0.6) is 0 Å². The molecule has 0 aromatic carbocycles. The summed E-state index contributed by atoms with van der Waals surface area (Å²) in [5.41, 5.74) is 1.04. The summed E-state index contributed by atoms with van der Waals surface area (Å²) in [6, 6.07) is 5.48. The van der Waals surface area contributed by atoms with Gasteiger partial charge in [0.2, 0.25) is 11.7 Å². The summed E-state index contributed by atoms with van der Waals surface area (Å²) in [6.45, 7) is 0.383. The molecule has 120 valence electrons. The van der Waals surface area contributed by atoms with Gasteiger partial charge in [0, 0.05) is 36.9 Å². The molecule has 4 heterocycles. The number of nitrogens with zero attached hydrogens (tertiary/aromatic N) is 5. The number of fused-ring (bicyclic) bond motifs is 1. The lowest BCUT2D eigenvalue weighted by Gasteiger charge is -1.99. The van der Waals surface area contributed by atoms with Gasteiger partial charge in [-0.25, -0.2) is 4.98 Å². The molecule has 0 atom stereocenters. The van der Waals surface area contributed by atoms with E-state index in [4.69, 9.17) is 4.52 Å². The topological polar surface area (TPSA) is 98.2 Å². The van der Waals surface area contributed by atoms with Crippen molar-refractivity contribution in [3.63, 3.8) is 0 Å². The first-order chi connectivity index (χ1) is 11.8. The zero-order chi connectivity index (χ0) is 16.4. The molecule has 4 aromatic rings. The third kappa shape index (κ3) is 2.88. The van der Waals surface area contributed by atoms with Crippen molar-refractivity contribution in [3.8, 4) is 11.5 Å². The van der Waals surface area contributed by atoms with Gasteiger partial charge in [0.1, 0.15) is 11.4 Å². The van der Waals surface area contributed by atoms with Gasteiger partial charge in [0.25, 0.3) is 5.91 Å². The highest BCUT2D eigenvalue weighted by atomic mass is 32.1. The lowest BCUT2D eigenvalue weighted by molar-refractivity contribution is 0.0949. The predicted octanol–water partition coefficient (Wildman–Crippen LogP) is 1.81. The van der Waals surface area contributed by atoms with Crippen molar-refractivity contribution in [1.82, 2.24) is 29.8 Å². The molecular formula is C15H12N6O2S. The highest BCUT2D eigenvalue weighted by molar-refractivity contribution is 7.15. The predicted molar refractivity (Wildman–Crippen MR) is 86.6 cm³/mol. The summed E-state index contributed by atoms with van der Waals surface area (Å²) in [5, 5.41) is 8.60. The average Bonchev–Trinajstić information content (AvgIpc) is 3.31. The quantitative estimate of drug-likeness (QED) is 0.595. The number of hydrogen-bond donors (Lipinski definition) is 1. The number of aromatic nitrogens is 5. The van der Waals surface area contributed by atoms with Crippen LogP contribution in [0.2, 0.25) is 0 Å². The second kappa shape index (κ2) is 6.20. The second-order valence-electron chi connectivity index (χ2n) is 4.95. The first kappa shape index (κ1) is 14.5. The number of nitrogens with one attached hydrogen (secondary N) is 1. The molecule has 1 amide bonds. The maximum absolute atomic E-state index is 12.1. The summed E-state index contributed by atoms with van der Waals surface area (Å²) in [7, 11) is 0. The minimum Gasteiger partial charge on any atom is -0.350 e. The Morgan fingerprint density at radius 2 is 2.29 bits per heavy atom. The van der Waals surface area contributed by atoms with Crippen molar-refractivity contribution >= 4 is 22.2 Å². The van der Waals surface area contributed by atoms with Gasteiger partial charge in [-0.2, -0.15) is 4.98 Å². The van der Waals surface area contributed by atoms with Crippen LogP contribution >= 0.6 is 11.3 Å². The Labute approximate surface area is 140 Å². The van der Waals surface area contributed by atoms with E-state index in [2.05, 4.69) is 25.4 Å². The Kier molecular flexibility index (Phi) is 3.75. The van der Waals surface area contributed by atoms with Gasteiger partial charge in [-0.15, -0.1) is 11.3 Å². The standard InChI is InChI=1S/C15H12N6O2S/c22-14(11-9-21-7-8-24-15(21)18-11)17-6-4-12-19-13(20-23-12)10-3-1-2-5-16-10/h1-3,5,7-9H,4,6H2,(H,17,22). The van der Waals surface area contributed by atoms with Crippen LogP contribution in [0.25, 0.3) is 16.5 Å². The number of thiazole rings is 1. The maximum atomic E-state index is 12.1. The minimum atomic E-state index is -0.227. The first-order valence-electron chi connectivity index (χ1n) is 7.24. The van der Waals surface area contributed by atoms with E-state index in [1.165, 1.54) is 11.3 Å². The van der Waals surface area contributed by atoms with Crippen LogP contribution in [-0.2, 0) is 6.42 Å². The molecule has 0 spiro atoms. The third-order valence-electron chi connectivity index (χ3n) is 3.31. The Bertz CT molecular complexity index is 946. The number of hydrogen-bond acceptors (Lipinski definition) is 7. The molecule has 24 heavy (non-hydrogen) atoms. The SMILES string of the molecule is O=C(NCCc1nc(-c2ccccn2)no1)c1cn2ccsc2n1. The maximum Gasteiger partial charge on any atom is 0.271 e. The molecular weight excluding hydrogens is 328 g/mol. The first-order valence-corrected chi connectivity index (χ1v) is 8.12. The number of carbonyl (C=O) groups is 1. The number of amides is 1. The fourth-order valence-electron chi connectivity index (χ4n) is 2.17. The van der Waals surface area contributed by atoms with Crippen molar-refractivity contribution in [1.29, 1.82) is 0 Å².